The summed E-state index contributed by atoms with van der Waals surface area (Å²) in [4.78, 5) is 12.7. The van der Waals surface area contributed by atoms with Crippen molar-refractivity contribution in [3.8, 4) is 0 Å². The van der Waals surface area contributed by atoms with Crippen LogP contribution < -0.4 is 4.90 Å². The van der Waals surface area contributed by atoms with Crippen molar-refractivity contribution in [3.05, 3.63) is 29.8 Å². The summed E-state index contributed by atoms with van der Waals surface area (Å²) < 4.78 is 0. The summed E-state index contributed by atoms with van der Waals surface area (Å²) in [5.74, 6) is -0.742. The second-order valence-corrected chi connectivity index (χ2v) is 4.34. The molecular weight excluding hydrogens is 214 g/mol. The number of carboxylic acids is 1. The summed E-state index contributed by atoms with van der Waals surface area (Å²) in [6.07, 6.45) is 3.19. The predicted octanol–water partition coefficient (Wildman–Crippen LogP) is 2.94. The first kappa shape index (κ1) is 13.6. The number of aliphatic carboxylic acids is 1. The number of aryl methyl sites for hydroxylation is 1. The molecule has 0 aliphatic heterocycles. The van der Waals surface area contributed by atoms with Gasteiger partial charge in [0.1, 0.15) is 0 Å². The molecule has 1 N–H and O–H groups in total. The Balaban J connectivity index is 2.51. The highest BCUT2D eigenvalue weighted by molar-refractivity contribution is 5.67. The van der Waals surface area contributed by atoms with E-state index in [1.54, 1.807) is 0 Å². The van der Waals surface area contributed by atoms with Gasteiger partial charge in [0.25, 0.3) is 0 Å². The van der Waals surface area contributed by atoms with Gasteiger partial charge in [-0.15, -0.1) is 0 Å². The smallest absolute Gasteiger partial charge is 0.303 e. The fourth-order valence-corrected chi connectivity index (χ4v) is 1.69. The Kier molecular flexibility index (Phi) is 5.53. The third-order valence-electron chi connectivity index (χ3n) is 2.85. The molecule has 0 amide bonds. The maximum Gasteiger partial charge on any atom is 0.303 e. The zero-order chi connectivity index (χ0) is 12.7. The van der Waals surface area contributed by atoms with E-state index in [-0.39, 0.29) is 6.42 Å². The lowest BCUT2D eigenvalue weighted by Crippen LogP contribution is -2.18. The number of hydrogen-bond donors (Lipinski definition) is 1. The molecule has 1 aromatic rings. The lowest BCUT2D eigenvalue weighted by molar-refractivity contribution is -0.136. The Morgan fingerprint density at radius 3 is 2.47 bits per heavy atom. The van der Waals surface area contributed by atoms with Gasteiger partial charge >= 0.3 is 5.97 Å². The Hall–Kier alpha value is -1.51. The minimum Gasteiger partial charge on any atom is -0.481 e. The Bertz CT molecular complexity index is 346. The summed E-state index contributed by atoms with van der Waals surface area (Å²) in [5, 5.41) is 8.61. The van der Waals surface area contributed by atoms with E-state index >= 15 is 0 Å². The number of carbonyl (C=O) groups is 1. The zero-order valence-corrected chi connectivity index (χ0v) is 10.6. The van der Waals surface area contributed by atoms with Crippen LogP contribution in [-0.4, -0.2) is 24.7 Å². The zero-order valence-electron chi connectivity index (χ0n) is 10.6. The first-order valence-corrected chi connectivity index (χ1v) is 6.15. The second-order valence-electron chi connectivity index (χ2n) is 4.34. The minimum absolute atomic E-state index is 0.199. The van der Waals surface area contributed by atoms with Crippen molar-refractivity contribution in [1.29, 1.82) is 0 Å². The molecule has 0 aromatic heterocycles. The van der Waals surface area contributed by atoms with Crippen LogP contribution in [0.3, 0.4) is 0 Å². The van der Waals surface area contributed by atoms with Crippen molar-refractivity contribution in [2.75, 3.05) is 18.5 Å². The maximum atomic E-state index is 10.5. The molecule has 0 atom stereocenters. The molecule has 0 aliphatic carbocycles. The van der Waals surface area contributed by atoms with Gasteiger partial charge in [-0.05, 0) is 30.5 Å². The van der Waals surface area contributed by atoms with Gasteiger partial charge in [0, 0.05) is 25.7 Å². The highest BCUT2D eigenvalue weighted by Gasteiger charge is 2.02. The Labute approximate surface area is 103 Å². The molecule has 0 heterocycles. The number of anilines is 1. The molecule has 0 spiro atoms. The average molecular weight is 235 g/mol. The number of nitrogens with zero attached hydrogens (tertiary/aromatic N) is 1. The number of unbranched alkanes of at least 4 members (excludes halogenated alkanes) is 1. The quantitative estimate of drug-likeness (QED) is 0.790. The van der Waals surface area contributed by atoms with Gasteiger partial charge < -0.3 is 10.0 Å². The van der Waals surface area contributed by atoms with Crippen LogP contribution in [0, 0.1) is 0 Å². The van der Waals surface area contributed by atoms with E-state index < -0.39 is 5.97 Å². The molecule has 0 saturated carbocycles. The highest BCUT2D eigenvalue weighted by atomic mass is 16.4. The lowest BCUT2D eigenvalue weighted by Gasteiger charge is -2.19. The average Bonchev–Trinajstić information content (AvgIpc) is 2.34. The molecule has 0 aliphatic rings. The largest absolute Gasteiger partial charge is 0.481 e. The fraction of sp³-hybridized carbons (Fsp3) is 0.500. The van der Waals surface area contributed by atoms with Gasteiger partial charge in [0.15, 0.2) is 0 Å². The molecule has 1 rings (SSSR count). The summed E-state index contributed by atoms with van der Waals surface area (Å²) in [7, 11) is 2.09. The topological polar surface area (TPSA) is 40.5 Å². The number of carboxylic acid groups (broad SMARTS) is 1. The molecule has 0 radical (unpaired) electrons. The molecular formula is C14H21NO2. The second kappa shape index (κ2) is 6.94. The van der Waals surface area contributed by atoms with E-state index in [0.717, 1.165) is 12.1 Å². The van der Waals surface area contributed by atoms with Crippen LogP contribution in [0.2, 0.25) is 0 Å². The van der Waals surface area contributed by atoms with Crippen molar-refractivity contribution in [2.45, 2.75) is 32.6 Å². The molecule has 1 aromatic carbocycles. The van der Waals surface area contributed by atoms with E-state index in [1.807, 2.05) is 12.1 Å². The third kappa shape index (κ3) is 4.89. The van der Waals surface area contributed by atoms with Crippen LogP contribution in [0.5, 0.6) is 0 Å². The van der Waals surface area contributed by atoms with Gasteiger partial charge in [0.2, 0.25) is 0 Å². The van der Waals surface area contributed by atoms with E-state index in [0.29, 0.717) is 6.42 Å². The van der Waals surface area contributed by atoms with Gasteiger partial charge in [-0.1, -0.05) is 25.5 Å². The molecule has 94 valence electrons. The highest BCUT2D eigenvalue weighted by Crippen LogP contribution is 2.15. The number of hydrogen-bond acceptors (Lipinski definition) is 2. The minimum atomic E-state index is -0.742. The van der Waals surface area contributed by atoms with Crippen LogP contribution in [0.25, 0.3) is 0 Å². The van der Waals surface area contributed by atoms with Crippen molar-refractivity contribution in [2.24, 2.45) is 0 Å². The Morgan fingerprint density at radius 2 is 1.94 bits per heavy atom. The first-order valence-electron chi connectivity index (χ1n) is 6.15. The van der Waals surface area contributed by atoms with Gasteiger partial charge in [-0.25, -0.2) is 0 Å². The number of benzene rings is 1. The van der Waals surface area contributed by atoms with Gasteiger partial charge in [-0.3, -0.25) is 4.79 Å². The van der Waals surface area contributed by atoms with E-state index in [4.69, 9.17) is 5.11 Å². The van der Waals surface area contributed by atoms with Crippen LogP contribution in [-0.2, 0) is 11.2 Å². The van der Waals surface area contributed by atoms with Gasteiger partial charge in [0.05, 0.1) is 0 Å². The van der Waals surface area contributed by atoms with E-state index in [2.05, 4.69) is 31.0 Å². The molecule has 0 bridgehead atoms. The molecule has 0 fully saturated rings. The molecule has 0 unspecified atom stereocenters. The van der Waals surface area contributed by atoms with E-state index in [1.165, 1.54) is 18.5 Å². The van der Waals surface area contributed by atoms with Crippen molar-refractivity contribution in [1.82, 2.24) is 0 Å². The standard InChI is InChI=1S/C14H21NO2/c1-3-4-11-15(2)13-8-5-12(6-9-13)7-10-14(16)17/h5-6,8-9H,3-4,7,10-11H2,1-2H3,(H,16,17). The summed E-state index contributed by atoms with van der Waals surface area (Å²) in [6.45, 7) is 3.24. The monoisotopic (exact) mass is 235 g/mol. The van der Waals surface area contributed by atoms with Crippen LogP contribution in [0.15, 0.2) is 24.3 Å². The van der Waals surface area contributed by atoms with Crippen molar-refractivity contribution < 1.29 is 9.90 Å². The summed E-state index contributed by atoms with van der Waals surface area (Å²) in [6, 6.07) is 8.15. The van der Waals surface area contributed by atoms with Crippen molar-refractivity contribution in [3.63, 3.8) is 0 Å². The van der Waals surface area contributed by atoms with Crippen molar-refractivity contribution >= 4 is 11.7 Å². The SMILES string of the molecule is CCCCN(C)c1ccc(CCC(=O)O)cc1. The molecule has 3 nitrogen and oxygen atoms in total. The third-order valence-corrected chi connectivity index (χ3v) is 2.85. The van der Waals surface area contributed by atoms with Crippen LogP contribution in [0.4, 0.5) is 5.69 Å². The predicted molar refractivity (Wildman–Crippen MR) is 70.6 cm³/mol. The molecule has 17 heavy (non-hydrogen) atoms. The van der Waals surface area contributed by atoms with Gasteiger partial charge in [-0.2, -0.15) is 0 Å². The van der Waals surface area contributed by atoms with Crippen LogP contribution in [0.1, 0.15) is 31.7 Å². The Morgan fingerprint density at radius 1 is 1.29 bits per heavy atom. The summed E-state index contributed by atoms with van der Waals surface area (Å²) >= 11 is 0. The molecule has 0 saturated heterocycles. The maximum absolute atomic E-state index is 10.5. The van der Waals surface area contributed by atoms with E-state index in [9.17, 15) is 4.79 Å². The van der Waals surface area contributed by atoms with Crippen LogP contribution >= 0.6 is 0 Å². The first-order chi connectivity index (χ1) is 8.13. The lowest BCUT2D eigenvalue weighted by atomic mass is 10.1. The molecule has 3 heteroatoms. The normalized spacial score (nSPS) is 10.2. The number of rotatable bonds is 7. The fourth-order valence-electron chi connectivity index (χ4n) is 1.69. The summed E-state index contributed by atoms with van der Waals surface area (Å²) in [5.41, 5.74) is 2.28.